The van der Waals surface area contributed by atoms with Gasteiger partial charge < -0.3 is 16.0 Å². The molecule has 0 fully saturated rings. The summed E-state index contributed by atoms with van der Waals surface area (Å²) >= 11 is 5.36. The number of aromatic amines is 1. The molecule has 2 aromatic carbocycles. The van der Waals surface area contributed by atoms with Crippen LogP contribution in [0.2, 0.25) is 0 Å². The Kier molecular flexibility index (Phi) is 8.31. The number of anilines is 1. The maximum absolute atomic E-state index is 12.8. The molecule has 0 aliphatic carbocycles. The van der Waals surface area contributed by atoms with Crippen LogP contribution >= 0.6 is 12.2 Å². The maximum atomic E-state index is 12.8. The van der Waals surface area contributed by atoms with Crippen molar-refractivity contribution in [2.24, 2.45) is 5.73 Å². The molecule has 1 heterocycles. The Morgan fingerprint density at radius 2 is 1.88 bits per heavy atom. The first-order valence-corrected chi connectivity index (χ1v) is 11.4. The minimum absolute atomic E-state index is 0.0700. The number of H-pyrrole nitrogens is 1. The molecule has 10 heteroatoms. The number of amides is 3. The van der Waals surface area contributed by atoms with Crippen molar-refractivity contribution in [1.82, 2.24) is 19.7 Å². The van der Waals surface area contributed by atoms with Crippen LogP contribution < -0.4 is 11.1 Å². The van der Waals surface area contributed by atoms with Crippen molar-refractivity contribution in [3.05, 3.63) is 64.4 Å². The van der Waals surface area contributed by atoms with Crippen molar-refractivity contribution in [2.75, 3.05) is 18.4 Å². The van der Waals surface area contributed by atoms with E-state index in [4.69, 9.17) is 18.0 Å². The van der Waals surface area contributed by atoms with Gasteiger partial charge in [-0.15, -0.1) is 0 Å². The highest BCUT2D eigenvalue weighted by Gasteiger charge is 2.16. The molecule has 3 rings (SSSR count). The molecule has 3 amide bonds. The lowest BCUT2D eigenvalue weighted by Crippen LogP contribution is -2.34. The lowest BCUT2D eigenvalue weighted by Gasteiger charge is -2.21. The number of aryl methyl sites for hydroxylation is 1. The number of carbonyl (C=O) groups is 3. The van der Waals surface area contributed by atoms with Crippen LogP contribution in [-0.2, 0) is 16.1 Å². The second kappa shape index (κ2) is 11.4. The number of hydrogen-bond donors (Lipinski definition) is 3. The average molecular weight is 481 g/mol. The van der Waals surface area contributed by atoms with Gasteiger partial charge in [0.15, 0.2) is 10.6 Å². The van der Waals surface area contributed by atoms with Gasteiger partial charge in [0, 0.05) is 49.3 Å². The molecular formula is C24H28N6O3S. The fourth-order valence-corrected chi connectivity index (χ4v) is 3.76. The molecule has 0 saturated heterocycles. The normalized spacial score (nSPS) is 10.6. The highest BCUT2D eigenvalue weighted by molar-refractivity contribution is 7.71. The molecule has 34 heavy (non-hydrogen) atoms. The van der Waals surface area contributed by atoms with Crippen molar-refractivity contribution in [3.63, 3.8) is 0 Å². The lowest BCUT2D eigenvalue weighted by atomic mass is 10.1. The minimum Gasteiger partial charge on any atom is -0.366 e. The number of nitrogens with two attached hydrogens (primary N) is 1. The van der Waals surface area contributed by atoms with Crippen molar-refractivity contribution >= 4 is 35.6 Å². The summed E-state index contributed by atoms with van der Waals surface area (Å²) in [6.45, 7) is 5.04. The zero-order chi connectivity index (χ0) is 24.7. The van der Waals surface area contributed by atoms with Crippen molar-refractivity contribution in [3.8, 4) is 11.4 Å². The third-order valence-corrected chi connectivity index (χ3v) is 5.69. The third-order valence-electron chi connectivity index (χ3n) is 5.38. The van der Waals surface area contributed by atoms with Gasteiger partial charge in [0.1, 0.15) is 0 Å². The fourth-order valence-electron chi connectivity index (χ4n) is 3.53. The summed E-state index contributed by atoms with van der Waals surface area (Å²) in [5.74, 6) is -0.139. The number of rotatable bonds is 10. The average Bonchev–Trinajstić information content (AvgIpc) is 3.18. The molecule has 9 nitrogen and oxygen atoms in total. The van der Waals surface area contributed by atoms with E-state index in [1.54, 1.807) is 29.2 Å². The summed E-state index contributed by atoms with van der Waals surface area (Å²) in [6, 6.07) is 14.2. The smallest absolute Gasteiger partial charge is 0.248 e. The number of nitrogens with one attached hydrogen (secondary N) is 2. The predicted octanol–water partition coefficient (Wildman–Crippen LogP) is 3.28. The lowest BCUT2D eigenvalue weighted by molar-refractivity contribution is -0.131. The van der Waals surface area contributed by atoms with Crippen LogP contribution in [0.15, 0.2) is 48.5 Å². The van der Waals surface area contributed by atoms with E-state index in [0.717, 1.165) is 11.1 Å². The van der Waals surface area contributed by atoms with Crippen LogP contribution in [0.3, 0.4) is 0 Å². The molecule has 0 spiro atoms. The zero-order valence-corrected chi connectivity index (χ0v) is 20.0. The van der Waals surface area contributed by atoms with Gasteiger partial charge in [-0.1, -0.05) is 23.8 Å². The van der Waals surface area contributed by atoms with E-state index >= 15 is 0 Å². The highest BCUT2D eigenvalue weighted by atomic mass is 32.1. The summed E-state index contributed by atoms with van der Waals surface area (Å²) in [7, 11) is 0. The van der Waals surface area contributed by atoms with Crippen molar-refractivity contribution in [2.45, 2.75) is 33.2 Å². The van der Waals surface area contributed by atoms with Gasteiger partial charge >= 0.3 is 0 Å². The van der Waals surface area contributed by atoms with Gasteiger partial charge in [0.25, 0.3) is 0 Å². The van der Waals surface area contributed by atoms with E-state index in [2.05, 4.69) is 15.5 Å². The van der Waals surface area contributed by atoms with Gasteiger partial charge in [-0.25, -0.2) is 0 Å². The molecule has 3 aromatic rings. The molecule has 0 saturated carbocycles. The van der Waals surface area contributed by atoms with E-state index in [1.165, 1.54) is 0 Å². The van der Waals surface area contributed by atoms with Gasteiger partial charge in [0.05, 0.1) is 0 Å². The summed E-state index contributed by atoms with van der Waals surface area (Å²) in [6.07, 6.45) is 0.382. The van der Waals surface area contributed by atoms with Crippen LogP contribution in [0, 0.1) is 11.7 Å². The number of aromatic nitrogens is 3. The number of primary amides is 1. The molecule has 1 aromatic heterocycles. The first-order valence-electron chi connectivity index (χ1n) is 11.0. The summed E-state index contributed by atoms with van der Waals surface area (Å²) < 4.78 is 2.27. The molecule has 0 radical (unpaired) electrons. The van der Waals surface area contributed by atoms with Crippen LogP contribution in [0.1, 0.15) is 35.7 Å². The molecule has 0 aliphatic rings. The summed E-state index contributed by atoms with van der Waals surface area (Å²) in [5.41, 5.74) is 8.17. The Hall–Kier alpha value is -3.79. The summed E-state index contributed by atoms with van der Waals surface area (Å²) in [4.78, 5) is 37.9. The Morgan fingerprint density at radius 1 is 1.15 bits per heavy atom. The molecule has 4 N–H and O–H groups in total. The van der Waals surface area contributed by atoms with E-state index < -0.39 is 5.91 Å². The number of hydrogen-bond acceptors (Lipinski definition) is 5. The topological polar surface area (TPSA) is 126 Å². The molecule has 0 atom stereocenters. The van der Waals surface area contributed by atoms with E-state index in [0.29, 0.717) is 41.5 Å². The Morgan fingerprint density at radius 3 is 2.53 bits per heavy atom. The summed E-state index contributed by atoms with van der Waals surface area (Å²) in [5, 5.41) is 9.89. The molecule has 0 aliphatic heterocycles. The predicted molar refractivity (Wildman–Crippen MR) is 133 cm³/mol. The standard InChI is InChI=1S/C24H28N6O3S/c1-3-29(13-11-20(31)26-19-9-7-17(8-10-19)22(25)33)21(32)12-14-30-23(27-28-24(30)34)18-6-4-5-16(2)15-18/h4-10,15H,3,11-14H2,1-2H3,(H2,25,33)(H,26,31)(H,28,34). The van der Waals surface area contributed by atoms with Crippen LogP contribution in [-0.4, -0.2) is 50.5 Å². The second-order valence-electron chi connectivity index (χ2n) is 7.84. The highest BCUT2D eigenvalue weighted by Crippen LogP contribution is 2.19. The van der Waals surface area contributed by atoms with Gasteiger partial charge in [-0.05, 0) is 56.4 Å². The van der Waals surface area contributed by atoms with Gasteiger partial charge in [-0.2, -0.15) is 5.10 Å². The first kappa shape index (κ1) is 24.8. The Bertz CT molecular complexity index is 1230. The minimum atomic E-state index is -0.530. The first-order chi connectivity index (χ1) is 16.3. The van der Waals surface area contributed by atoms with Crippen molar-refractivity contribution in [1.29, 1.82) is 0 Å². The second-order valence-corrected chi connectivity index (χ2v) is 8.22. The number of carbonyl (C=O) groups excluding carboxylic acids is 3. The van der Waals surface area contributed by atoms with Gasteiger partial charge in [0.2, 0.25) is 17.7 Å². The monoisotopic (exact) mass is 480 g/mol. The van der Waals surface area contributed by atoms with Crippen LogP contribution in [0.5, 0.6) is 0 Å². The SMILES string of the molecule is CCN(CCC(=O)Nc1ccc(C(N)=O)cc1)C(=O)CCn1c(-c2cccc(C)c2)n[nH]c1=S. The number of nitrogens with zero attached hydrogens (tertiary/aromatic N) is 3. The maximum Gasteiger partial charge on any atom is 0.248 e. The van der Waals surface area contributed by atoms with Crippen molar-refractivity contribution < 1.29 is 14.4 Å². The quantitative estimate of drug-likeness (QED) is 0.384. The molecule has 0 bridgehead atoms. The Balaban J connectivity index is 1.55. The fraction of sp³-hybridized carbons (Fsp3) is 0.292. The van der Waals surface area contributed by atoms with Crippen LogP contribution in [0.25, 0.3) is 11.4 Å². The van der Waals surface area contributed by atoms with Crippen LogP contribution in [0.4, 0.5) is 5.69 Å². The molecule has 178 valence electrons. The molecule has 0 unspecified atom stereocenters. The third kappa shape index (κ3) is 6.38. The number of benzene rings is 2. The van der Waals surface area contributed by atoms with E-state index in [1.807, 2.05) is 42.7 Å². The molecular weight excluding hydrogens is 452 g/mol. The van der Waals surface area contributed by atoms with E-state index in [-0.39, 0.29) is 24.7 Å². The van der Waals surface area contributed by atoms with E-state index in [9.17, 15) is 14.4 Å². The zero-order valence-electron chi connectivity index (χ0n) is 19.2. The Labute approximate surface area is 203 Å². The van der Waals surface area contributed by atoms with Gasteiger partial charge in [-0.3, -0.25) is 24.0 Å². The largest absolute Gasteiger partial charge is 0.366 e.